The molecule has 1 heterocycles. The van der Waals surface area contributed by atoms with E-state index >= 15 is 0 Å². The molecule has 0 aromatic carbocycles. The van der Waals surface area contributed by atoms with Gasteiger partial charge in [0.1, 0.15) is 0 Å². The Bertz CT molecular complexity index is 120. The summed E-state index contributed by atoms with van der Waals surface area (Å²) >= 11 is 0. The molecule has 1 rings (SSSR count). The molecule has 4 heteroatoms. The Hall–Kier alpha value is 0.0700. The Balaban J connectivity index is 2.07. The number of nitrogens with zero attached hydrogens (tertiary/aromatic N) is 1. The average molecular weight is 161 g/mol. The molecule has 0 aromatic heterocycles. The molecule has 1 aliphatic heterocycles. The van der Waals surface area contributed by atoms with Crippen molar-refractivity contribution >= 4 is 10.9 Å². The van der Waals surface area contributed by atoms with E-state index in [-0.39, 0.29) is 0 Å². The number of nitrogens with two attached hydrogens (primary N) is 1. The van der Waals surface area contributed by atoms with Gasteiger partial charge in [-0.15, -0.1) is 0 Å². The van der Waals surface area contributed by atoms with Crippen LogP contribution in [-0.4, -0.2) is 30.3 Å². The highest BCUT2D eigenvalue weighted by atomic mass is 32.2. The molecule has 1 atom stereocenters. The topological polar surface area (TPSA) is 53.1 Å². The number of hydrogen-bond donors (Lipinski definition) is 2. The minimum absolute atomic E-state index is 0.603. The van der Waals surface area contributed by atoms with Crippen LogP contribution in [0.5, 0.6) is 0 Å². The van der Waals surface area contributed by atoms with Crippen LogP contribution in [0.25, 0.3) is 0 Å². The number of nitrogens with one attached hydrogen (secondary N) is 1. The molecule has 0 saturated carbocycles. The predicted molar refractivity (Wildman–Crippen MR) is 44.8 cm³/mol. The van der Waals surface area contributed by atoms with Gasteiger partial charge in [0.15, 0.2) is 0 Å². The van der Waals surface area contributed by atoms with Gasteiger partial charge in [-0.3, -0.25) is 9.92 Å². The van der Waals surface area contributed by atoms with Gasteiger partial charge in [-0.2, -0.15) is 0 Å². The van der Waals surface area contributed by atoms with E-state index in [1.165, 1.54) is 25.9 Å². The Morgan fingerprint density at radius 3 is 2.50 bits per heavy atom. The molecule has 0 aliphatic carbocycles. The van der Waals surface area contributed by atoms with Crippen LogP contribution in [0.4, 0.5) is 0 Å². The van der Waals surface area contributed by atoms with Gasteiger partial charge >= 0.3 is 0 Å². The van der Waals surface area contributed by atoms with Crippen molar-refractivity contribution in [3.05, 3.63) is 0 Å². The first kappa shape index (κ1) is 8.17. The van der Waals surface area contributed by atoms with Crippen molar-refractivity contribution in [2.45, 2.75) is 12.8 Å². The Kier molecular flexibility index (Phi) is 3.31. The van der Waals surface area contributed by atoms with Crippen molar-refractivity contribution in [2.75, 3.05) is 25.4 Å². The highest BCUT2D eigenvalue weighted by Crippen LogP contribution is 2.05. The quantitative estimate of drug-likeness (QED) is 0.627. The molecule has 0 amide bonds. The fraction of sp³-hybridized carbons (Fsp3) is 1.00. The lowest BCUT2D eigenvalue weighted by atomic mass is 10.4. The number of rotatable bonds is 3. The van der Waals surface area contributed by atoms with E-state index in [0.29, 0.717) is 0 Å². The Morgan fingerprint density at radius 2 is 2.00 bits per heavy atom. The van der Waals surface area contributed by atoms with Gasteiger partial charge in [-0.25, -0.2) is 0 Å². The van der Waals surface area contributed by atoms with E-state index < -0.39 is 10.9 Å². The average Bonchev–Trinajstić information content (AvgIpc) is 2.34. The maximum atomic E-state index is 7.12. The van der Waals surface area contributed by atoms with Crippen LogP contribution in [0.2, 0.25) is 0 Å². The maximum Gasteiger partial charge on any atom is 0.0302 e. The molecule has 1 saturated heterocycles. The summed E-state index contributed by atoms with van der Waals surface area (Å²) in [5, 5.41) is 5.34. The Labute approximate surface area is 64.6 Å². The zero-order valence-electron chi connectivity index (χ0n) is 6.18. The van der Waals surface area contributed by atoms with Crippen LogP contribution in [0.3, 0.4) is 0 Å². The summed E-state index contributed by atoms with van der Waals surface area (Å²) in [5.41, 5.74) is 0. The zero-order valence-corrected chi connectivity index (χ0v) is 6.99. The fourth-order valence-electron chi connectivity index (χ4n) is 1.23. The first-order chi connectivity index (χ1) is 4.79. The van der Waals surface area contributed by atoms with Crippen molar-refractivity contribution in [2.24, 2.45) is 5.14 Å². The van der Waals surface area contributed by atoms with Crippen LogP contribution in [0.15, 0.2) is 0 Å². The van der Waals surface area contributed by atoms with Crippen LogP contribution >= 0.6 is 0 Å². The van der Waals surface area contributed by atoms with E-state index in [1.807, 2.05) is 0 Å². The van der Waals surface area contributed by atoms with E-state index in [9.17, 15) is 0 Å². The van der Waals surface area contributed by atoms with Crippen LogP contribution < -0.4 is 5.14 Å². The van der Waals surface area contributed by atoms with Crippen LogP contribution in [0, 0.1) is 4.78 Å². The lowest BCUT2D eigenvalue weighted by Crippen LogP contribution is -2.26. The predicted octanol–water partition coefficient (Wildman–Crippen LogP) is 0.337. The standard InChI is InChI=1S/C6H15N3S/c7-10(8)6-5-9-3-1-2-4-9/h1-6H2,(H3,7,8). The van der Waals surface area contributed by atoms with E-state index in [2.05, 4.69) is 4.90 Å². The third kappa shape index (κ3) is 2.77. The van der Waals surface area contributed by atoms with E-state index in [0.717, 1.165) is 12.3 Å². The lowest BCUT2D eigenvalue weighted by Gasteiger charge is -2.12. The normalized spacial score (nSPS) is 23.3. The van der Waals surface area contributed by atoms with Crippen LogP contribution in [-0.2, 0) is 10.9 Å². The van der Waals surface area contributed by atoms with Crippen molar-refractivity contribution < 1.29 is 0 Å². The van der Waals surface area contributed by atoms with Gasteiger partial charge in [-0.1, -0.05) is 0 Å². The van der Waals surface area contributed by atoms with Gasteiger partial charge < -0.3 is 4.90 Å². The molecule has 3 nitrogen and oxygen atoms in total. The summed E-state index contributed by atoms with van der Waals surface area (Å²) in [6, 6.07) is 0. The molecular formula is C6H15N3S. The molecule has 0 spiro atoms. The first-order valence-electron chi connectivity index (χ1n) is 3.68. The highest BCUT2D eigenvalue weighted by molar-refractivity contribution is 7.83. The van der Waals surface area contributed by atoms with Crippen molar-refractivity contribution in [3.8, 4) is 0 Å². The molecule has 0 radical (unpaired) electrons. The minimum atomic E-state index is -0.603. The number of hydrogen-bond acceptors (Lipinski definition) is 2. The monoisotopic (exact) mass is 161 g/mol. The lowest BCUT2D eigenvalue weighted by molar-refractivity contribution is 0.361. The molecule has 0 bridgehead atoms. The van der Waals surface area contributed by atoms with Crippen molar-refractivity contribution in [1.82, 2.24) is 4.90 Å². The summed E-state index contributed by atoms with van der Waals surface area (Å²) in [7, 11) is -0.603. The molecule has 10 heavy (non-hydrogen) atoms. The number of likely N-dealkylation sites (tertiary alicyclic amines) is 1. The van der Waals surface area contributed by atoms with Crippen LogP contribution in [0.1, 0.15) is 12.8 Å². The van der Waals surface area contributed by atoms with Gasteiger partial charge in [0.2, 0.25) is 0 Å². The molecule has 3 N–H and O–H groups in total. The molecule has 1 aliphatic rings. The summed E-state index contributed by atoms with van der Waals surface area (Å²) in [6.45, 7) is 3.47. The maximum absolute atomic E-state index is 7.12. The minimum Gasteiger partial charge on any atom is -0.302 e. The van der Waals surface area contributed by atoms with E-state index in [1.54, 1.807) is 0 Å². The molecule has 1 unspecified atom stereocenters. The second-order valence-corrected chi connectivity index (χ2v) is 3.95. The summed E-state index contributed by atoms with van der Waals surface area (Å²) in [6.07, 6.45) is 2.66. The Morgan fingerprint density at radius 1 is 1.40 bits per heavy atom. The smallest absolute Gasteiger partial charge is 0.0302 e. The third-order valence-electron chi connectivity index (χ3n) is 1.83. The van der Waals surface area contributed by atoms with Gasteiger partial charge in [0.25, 0.3) is 0 Å². The molecular weight excluding hydrogens is 146 g/mol. The first-order valence-corrected chi connectivity index (χ1v) is 5.13. The fourth-order valence-corrected chi connectivity index (χ4v) is 1.69. The molecule has 0 aromatic rings. The SMILES string of the molecule is N=S(N)CCN1CCCC1. The second-order valence-electron chi connectivity index (χ2n) is 2.68. The largest absolute Gasteiger partial charge is 0.302 e. The summed E-state index contributed by atoms with van der Waals surface area (Å²) in [5.74, 6) is 0.847. The molecule has 60 valence electrons. The summed E-state index contributed by atoms with van der Waals surface area (Å²) in [4.78, 5) is 2.39. The second kappa shape index (κ2) is 4.05. The molecule has 1 fully saturated rings. The highest BCUT2D eigenvalue weighted by Gasteiger charge is 2.10. The zero-order chi connectivity index (χ0) is 7.40. The van der Waals surface area contributed by atoms with Gasteiger partial charge in [0.05, 0.1) is 0 Å². The summed E-state index contributed by atoms with van der Waals surface area (Å²) < 4.78 is 7.12. The van der Waals surface area contributed by atoms with Gasteiger partial charge in [-0.05, 0) is 36.8 Å². The third-order valence-corrected chi connectivity index (χ3v) is 2.45. The van der Waals surface area contributed by atoms with Crippen molar-refractivity contribution in [3.63, 3.8) is 0 Å². The van der Waals surface area contributed by atoms with Crippen molar-refractivity contribution in [1.29, 1.82) is 4.78 Å². The van der Waals surface area contributed by atoms with Gasteiger partial charge in [0, 0.05) is 12.3 Å². The van der Waals surface area contributed by atoms with E-state index in [4.69, 9.17) is 9.92 Å².